The first kappa shape index (κ1) is 10.8. The summed E-state index contributed by atoms with van der Waals surface area (Å²) in [6, 6.07) is 0. The third kappa shape index (κ3) is 1.66. The molecule has 1 aromatic rings. The van der Waals surface area contributed by atoms with Crippen LogP contribution < -0.4 is 5.30 Å². The third-order valence-electron chi connectivity index (χ3n) is 1.28. The molecule has 0 saturated carbocycles. The van der Waals surface area contributed by atoms with Crippen LogP contribution in [0, 0.1) is 29.1 Å². The summed E-state index contributed by atoms with van der Waals surface area (Å²) in [5, 5.41) is -0.864. The molecular formula is C6F5PSe. The van der Waals surface area contributed by atoms with E-state index in [1.807, 2.05) is 0 Å². The molecule has 0 aliphatic carbocycles. The SMILES string of the molecule is Fc1c(F)c(F)c(P=[Se])c(F)c1F. The quantitative estimate of drug-likeness (QED) is 0.242. The van der Waals surface area contributed by atoms with Crippen LogP contribution in [0.25, 0.3) is 0 Å². The summed E-state index contributed by atoms with van der Waals surface area (Å²) >= 11 is 2.15. The van der Waals surface area contributed by atoms with E-state index in [2.05, 4.69) is 15.1 Å². The summed E-state index contributed by atoms with van der Waals surface area (Å²) < 4.78 is 62.5. The molecule has 0 nitrogen and oxygen atoms in total. The topological polar surface area (TPSA) is 0 Å². The molecule has 70 valence electrons. The maximum atomic E-state index is 12.7. The van der Waals surface area contributed by atoms with E-state index in [4.69, 9.17) is 0 Å². The van der Waals surface area contributed by atoms with Crippen LogP contribution in [0.5, 0.6) is 0 Å². The van der Waals surface area contributed by atoms with E-state index in [0.717, 1.165) is 0 Å². The summed E-state index contributed by atoms with van der Waals surface area (Å²) in [6.07, 6.45) is 0. The van der Waals surface area contributed by atoms with Crippen LogP contribution in [-0.4, -0.2) is 15.1 Å². The molecule has 0 aliphatic heterocycles. The fraction of sp³-hybridized carbons (Fsp3) is 0. The molecule has 0 aliphatic rings. The van der Waals surface area contributed by atoms with Crippen molar-refractivity contribution in [1.29, 1.82) is 0 Å². The molecule has 0 heterocycles. The second kappa shape index (κ2) is 3.82. The molecule has 0 atom stereocenters. The third-order valence-corrected chi connectivity index (χ3v) is 3.00. The molecular weight excluding hydrogens is 277 g/mol. The van der Waals surface area contributed by atoms with Crippen molar-refractivity contribution in [2.75, 3.05) is 0 Å². The average molecular weight is 277 g/mol. The van der Waals surface area contributed by atoms with Gasteiger partial charge < -0.3 is 0 Å². The summed E-state index contributed by atoms with van der Waals surface area (Å²) in [4.78, 5) is 0. The Balaban J connectivity index is 3.66. The van der Waals surface area contributed by atoms with Gasteiger partial charge in [0.2, 0.25) is 0 Å². The number of halogens is 5. The molecule has 0 N–H and O–H groups in total. The van der Waals surface area contributed by atoms with Crippen molar-refractivity contribution in [3.63, 3.8) is 0 Å². The Kier molecular flexibility index (Phi) is 3.17. The van der Waals surface area contributed by atoms with Crippen molar-refractivity contribution in [1.82, 2.24) is 0 Å². The molecule has 1 aromatic carbocycles. The molecule has 0 unspecified atom stereocenters. The van der Waals surface area contributed by atoms with Gasteiger partial charge in [0.1, 0.15) is 0 Å². The van der Waals surface area contributed by atoms with E-state index in [1.165, 1.54) is 0 Å². The van der Waals surface area contributed by atoms with Crippen LogP contribution in [0.1, 0.15) is 0 Å². The number of hydrogen-bond acceptors (Lipinski definition) is 0. The zero-order chi connectivity index (χ0) is 10.2. The Morgan fingerprint density at radius 3 is 1.31 bits per heavy atom. The van der Waals surface area contributed by atoms with Gasteiger partial charge in [-0.25, -0.2) is 0 Å². The van der Waals surface area contributed by atoms with Gasteiger partial charge in [-0.15, -0.1) is 0 Å². The number of benzene rings is 1. The second-order valence-electron chi connectivity index (χ2n) is 2.01. The van der Waals surface area contributed by atoms with Crippen molar-refractivity contribution in [3.05, 3.63) is 29.1 Å². The molecule has 0 saturated heterocycles. The van der Waals surface area contributed by atoms with Crippen LogP contribution in [-0.2, 0) is 0 Å². The van der Waals surface area contributed by atoms with E-state index >= 15 is 0 Å². The molecule has 0 spiro atoms. The molecule has 0 bridgehead atoms. The number of rotatable bonds is 1. The Morgan fingerprint density at radius 1 is 0.692 bits per heavy atom. The predicted molar refractivity (Wildman–Crippen MR) is 38.5 cm³/mol. The molecule has 0 radical (unpaired) electrons. The van der Waals surface area contributed by atoms with Crippen LogP contribution in [0.3, 0.4) is 0 Å². The van der Waals surface area contributed by atoms with E-state index in [1.54, 1.807) is 0 Å². The van der Waals surface area contributed by atoms with Gasteiger partial charge in [-0.2, -0.15) is 0 Å². The van der Waals surface area contributed by atoms with Crippen molar-refractivity contribution < 1.29 is 22.0 Å². The van der Waals surface area contributed by atoms with E-state index in [9.17, 15) is 22.0 Å². The van der Waals surface area contributed by atoms with Gasteiger partial charge in [-0.05, 0) is 0 Å². The molecule has 0 fully saturated rings. The van der Waals surface area contributed by atoms with E-state index < -0.39 is 34.4 Å². The zero-order valence-electron chi connectivity index (χ0n) is 5.75. The summed E-state index contributed by atoms with van der Waals surface area (Å²) in [5.41, 5.74) is 0. The Bertz CT molecular complexity index is 349. The summed E-state index contributed by atoms with van der Waals surface area (Å²) in [6.45, 7) is -0.134. The van der Waals surface area contributed by atoms with Gasteiger partial charge in [-0.1, -0.05) is 0 Å². The summed E-state index contributed by atoms with van der Waals surface area (Å²) in [5.74, 6) is -9.57. The first-order chi connectivity index (χ1) is 6.00. The monoisotopic (exact) mass is 278 g/mol. The van der Waals surface area contributed by atoms with E-state index in [-0.39, 0.29) is 6.83 Å². The van der Waals surface area contributed by atoms with Crippen molar-refractivity contribution in [3.8, 4) is 0 Å². The fourth-order valence-electron chi connectivity index (χ4n) is 0.673. The number of hydrogen-bond donors (Lipinski definition) is 0. The minimum atomic E-state index is -2.14. The molecule has 0 aromatic heterocycles. The first-order valence-corrected chi connectivity index (χ1v) is 5.96. The maximum absolute atomic E-state index is 12.7. The van der Waals surface area contributed by atoms with Gasteiger partial charge in [0.15, 0.2) is 0 Å². The minimum absolute atomic E-state index is 0.134. The standard InChI is InChI=1S/C6F5PSe/c7-1-2(8)4(10)6(12-13)5(11)3(1)9. The first-order valence-electron chi connectivity index (χ1n) is 2.85. The summed E-state index contributed by atoms with van der Waals surface area (Å²) in [7, 11) is 0. The van der Waals surface area contributed by atoms with E-state index in [0.29, 0.717) is 0 Å². The van der Waals surface area contributed by atoms with Crippen LogP contribution in [0.4, 0.5) is 22.0 Å². The molecule has 7 heteroatoms. The zero-order valence-corrected chi connectivity index (χ0v) is 8.35. The Hall–Kier alpha value is -0.311. The molecule has 1 rings (SSSR count). The van der Waals surface area contributed by atoms with Crippen LogP contribution >= 0.6 is 6.83 Å². The second-order valence-corrected chi connectivity index (χ2v) is 3.79. The Labute approximate surface area is 78.8 Å². The van der Waals surface area contributed by atoms with Gasteiger partial charge in [0, 0.05) is 0 Å². The van der Waals surface area contributed by atoms with Crippen LogP contribution in [0.15, 0.2) is 0 Å². The fourth-order valence-corrected chi connectivity index (χ4v) is 2.04. The molecule has 0 amide bonds. The van der Waals surface area contributed by atoms with Crippen LogP contribution in [0.2, 0.25) is 0 Å². The van der Waals surface area contributed by atoms with Crippen molar-refractivity contribution in [2.24, 2.45) is 0 Å². The van der Waals surface area contributed by atoms with Crippen molar-refractivity contribution >= 4 is 27.2 Å². The molecule has 13 heavy (non-hydrogen) atoms. The average Bonchev–Trinajstić information content (AvgIpc) is 2.13. The van der Waals surface area contributed by atoms with Gasteiger partial charge in [0.05, 0.1) is 0 Å². The van der Waals surface area contributed by atoms with Gasteiger partial charge in [0.25, 0.3) is 0 Å². The van der Waals surface area contributed by atoms with Crippen molar-refractivity contribution in [2.45, 2.75) is 0 Å². The Morgan fingerprint density at radius 2 is 1.00 bits per heavy atom. The normalized spacial score (nSPS) is 10.8. The predicted octanol–water partition coefficient (Wildman–Crippen LogP) is 2.04. The van der Waals surface area contributed by atoms with Gasteiger partial charge in [-0.3, -0.25) is 0 Å². The van der Waals surface area contributed by atoms with Gasteiger partial charge >= 0.3 is 78.3 Å².